The smallest absolute Gasteiger partial charge is 0.253 e. The van der Waals surface area contributed by atoms with Gasteiger partial charge in [0.1, 0.15) is 5.76 Å². The molecule has 0 fully saturated rings. The van der Waals surface area contributed by atoms with E-state index in [0.717, 1.165) is 11.4 Å². The number of likely N-dealkylation sites (N-methyl/N-ethyl adjacent to an activating group) is 1. The van der Waals surface area contributed by atoms with E-state index in [-0.39, 0.29) is 12.5 Å². The van der Waals surface area contributed by atoms with Gasteiger partial charge >= 0.3 is 0 Å². The number of hydrogen-bond acceptors (Lipinski definition) is 5. The Morgan fingerprint density at radius 1 is 1.25 bits per heavy atom. The van der Waals surface area contributed by atoms with Crippen molar-refractivity contribution in [1.29, 1.82) is 0 Å². The van der Waals surface area contributed by atoms with Gasteiger partial charge in [-0.25, -0.2) is 0 Å². The molecule has 2 aromatic rings. The molecule has 0 aliphatic heterocycles. The Bertz CT molecular complexity index is 651. The van der Waals surface area contributed by atoms with E-state index in [9.17, 15) is 9.90 Å². The van der Waals surface area contributed by atoms with Crippen molar-refractivity contribution in [1.82, 2.24) is 10.2 Å². The predicted molar refractivity (Wildman–Crippen MR) is 94.0 cm³/mol. The van der Waals surface area contributed by atoms with E-state index in [1.54, 1.807) is 19.3 Å². The number of para-hydroxylation sites is 1. The van der Waals surface area contributed by atoms with Gasteiger partial charge in [0.15, 0.2) is 0 Å². The van der Waals surface area contributed by atoms with Gasteiger partial charge in [0.25, 0.3) is 5.91 Å². The van der Waals surface area contributed by atoms with Crippen LogP contribution in [0.25, 0.3) is 0 Å². The van der Waals surface area contributed by atoms with Crippen molar-refractivity contribution in [3.05, 3.63) is 54.0 Å². The molecule has 2 rings (SSSR count). The Hall–Kier alpha value is -2.31. The molecule has 6 heteroatoms. The highest BCUT2D eigenvalue weighted by Crippen LogP contribution is 2.16. The fraction of sp³-hybridized carbons (Fsp3) is 0.389. The maximum atomic E-state index is 12.5. The quantitative estimate of drug-likeness (QED) is 0.689. The first-order valence-corrected chi connectivity index (χ1v) is 7.88. The first kappa shape index (κ1) is 18.0. The summed E-state index contributed by atoms with van der Waals surface area (Å²) in [6, 6.07) is 11.0. The molecule has 0 saturated heterocycles. The Morgan fingerprint density at radius 2 is 2.00 bits per heavy atom. The van der Waals surface area contributed by atoms with Crippen LogP contribution < -0.4 is 10.6 Å². The molecule has 1 unspecified atom stereocenters. The van der Waals surface area contributed by atoms with Gasteiger partial charge in [0.2, 0.25) is 0 Å². The van der Waals surface area contributed by atoms with Crippen LogP contribution in [0.3, 0.4) is 0 Å². The SMILES string of the molecule is CN(C)CC(C)(O)CNC(=O)c1ccccc1NCc1ccco1. The molecule has 0 spiro atoms. The van der Waals surface area contributed by atoms with Crippen LogP contribution >= 0.6 is 0 Å². The lowest BCUT2D eigenvalue weighted by atomic mass is 10.1. The Labute approximate surface area is 142 Å². The lowest BCUT2D eigenvalue weighted by Crippen LogP contribution is -2.47. The number of furan rings is 1. The molecule has 0 radical (unpaired) electrons. The number of nitrogens with zero attached hydrogens (tertiary/aromatic N) is 1. The maximum absolute atomic E-state index is 12.5. The monoisotopic (exact) mass is 331 g/mol. The molecule has 130 valence electrons. The van der Waals surface area contributed by atoms with Gasteiger partial charge in [-0.15, -0.1) is 0 Å². The second-order valence-electron chi connectivity index (χ2n) is 6.40. The molecule has 6 nitrogen and oxygen atoms in total. The zero-order valence-corrected chi connectivity index (χ0v) is 14.4. The number of anilines is 1. The lowest BCUT2D eigenvalue weighted by molar-refractivity contribution is 0.0326. The third-order valence-electron chi connectivity index (χ3n) is 3.49. The second-order valence-corrected chi connectivity index (χ2v) is 6.40. The summed E-state index contributed by atoms with van der Waals surface area (Å²) in [4.78, 5) is 14.3. The molecule has 1 aromatic carbocycles. The van der Waals surface area contributed by atoms with Crippen LogP contribution in [0.1, 0.15) is 23.0 Å². The number of nitrogens with one attached hydrogen (secondary N) is 2. The number of benzene rings is 1. The summed E-state index contributed by atoms with van der Waals surface area (Å²) in [5, 5.41) is 16.3. The number of rotatable bonds is 8. The summed E-state index contributed by atoms with van der Waals surface area (Å²) < 4.78 is 5.28. The van der Waals surface area contributed by atoms with Crippen molar-refractivity contribution in [3.63, 3.8) is 0 Å². The van der Waals surface area contributed by atoms with Crippen LogP contribution in [0, 0.1) is 0 Å². The highest BCUT2D eigenvalue weighted by atomic mass is 16.3. The lowest BCUT2D eigenvalue weighted by Gasteiger charge is -2.27. The van der Waals surface area contributed by atoms with Crippen molar-refractivity contribution in [3.8, 4) is 0 Å². The molecular formula is C18H25N3O3. The van der Waals surface area contributed by atoms with Gasteiger partial charge in [-0.2, -0.15) is 0 Å². The van der Waals surface area contributed by atoms with Crippen molar-refractivity contribution < 1.29 is 14.3 Å². The zero-order chi connectivity index (χ0) is 17.6. The molecule has 1 heterocycles. The van der Waals surface area contributed by atoms with Crippen molar-refractivity contribution >= 4 is 11.6 Å². The van der Waals surface area contributed by atoms with E-state index in [1.165, 1.54) is 0 Å². The molecule has 1 atom stereocenters. The summed E-state index contributed by atoms with van der Waals surface area (Å²) in [6.07, 6.45) is 1.61. The molecule has 0 aliphatic rings. The molecule has 0 saturated carbocycles. The fourth-order valence-electron chi connectivity index (χ4n) is 2.53. The minimum atomic E-state index is -0.990. The highest BCUT2D eigenvalue weighted by molar-refractivity contribution is 5.99. The van der Waals surface area contributed by atoms with Crippen LogP contribution in [0.2, 0.25) is 0 Å². The first-order chi connectivity index (χ1) is 11.4. The van der Waals surface area contributed by atoms with Crippen molar-refractivity contribution in [2.24, 2.45) is 0 Å². The molecule has 1 aromatic heterocycles. The van der Waals surface area contributed by atoms with Gasteiger partial charge in [-0.05, 0) is 45.3 Å². The minimum Gasteiger partial charge on any atom is -0.467 e. The summed E-state index contributed by atoms with van der Waals surface area (Å²) in [5.74, 6) is 0.565. The van der Waals surface area contributed by atoms with Gasteiger partial charge in [-0.1, -0.05) is 12.1 Å². The van der Waals surface area contributed by atoms with Crippen LogP contribution in [0.15, 0.2) is 47.1 Å². The topological polar surface area (TPSA) is 77.7 Å². The van der Waals surface area contributed by atoms with Crippen molar-refractivity contribution in [2.45, 2.75) is 19.1 Å². The normalized spacial score (nSPS) is 13.5. The van der Waals surface area contributed by atoms with Gasteiger partial charge < -0.3 is 25.1 Å². The van der Waals surface area contributed by atoms with Crippen LogP contribution in [0.5, 0.6) is 0 Å². The zero-order valence-electron chi connectivity index (χ0n) is 14.4. The van der Waals surface area contributed by atoms with Gasteiger partial charge in [0.05, 0.1) is 24.0 Å². The predicted octanol–water partition coefficient (Wildman–Crippen LogP) is 1.93. The molecular weight excluding hydrogens is 306 g/mol. The number of carbonyl (C=O) groups is 1. The largest absolute Gasteiger partial charge is 0.467 e. The average Bonchev–Trinajstić information content (AvgIpc) is 3.03. The Morgan fingerprint density at radius 3 is 2.67 bits per heavy atom. The van der Waals surface area contributed by atoms with Crippen molar-refractivity contribution in [2.75, 3.05) is 32.5 Å². The second kappa shape index (κ2) is 7.99. The molecule has 0 bridgehead atoms. The van der Waals surface area contributed by atoms with Crippen LogP contribution in [-0.2, 0) is 6.54 Å². The van der Waals surface area contributed by atoms with E-state index in [0.29, 0.717) is 18.7 Å². The third kappa shape index (κ3) is 5.40. The number of carbonyl (C=O) groups excluding carboxylic acids is 1. The minimum absolute atomic E-state index is 0.177. The van der Waals surface area contributed by atoms with Gasteiger partial charge in [-0.3, -0.25) is 4.79 Å². The molecule has 0 aliphatic carbocycles. The standard InChI is InChI=1S/C18H25N3O3/c1-18(23,13-21(2)3)12-20-17(22)15-8-4-5-9-16(15)19-11-14-7-6-10-24-14/h4-10,19,23H,11-13H2,1-3H3,(H,20,22). The number of hydrogen-bond donors (Lipinski definition) is 3. The summed E-state index contributed by atoms with van der Waals surface area (Å²) in [7, 11) is 3.76. The third-order valence-corrected chi connectivity index (χ3v) is 3.49. The molecule has 1 amide bonds. The molecule has 3 N–H and O–H groups in total. The van der Waals surface area contributed by atoms with E-state index in [1.807, 2.05) is 49.3 Å². The van der Waals surface area contributed by atoms with E-state index in [2.05, 4.69) is 10.6 Å². The highest BCUT2D eigenvalue weighted by Gasteiger charge is 2.23. The number of amides is 1. The van der Waals surface area contributed by atoms with Crippen LogP contribution in [-0.4, -0.2) is 48.7 Å². The van der Waals surface area contributed by atoms with E-state index >= 15 is 0 Å². The Balaban J connectivity index is 1.98. The Kier molecular flexibility index (Phi) is 6.00. The first-order valence-electron chi connectivity index (χ1n) is 7.88. The van der Waals surface area contributed by atoms with E-state index < -0.39 is 5.60 Å². The maximum Gasteiger partial charge on any atom is 0.253 e. The molecule has 24 heavy (non-hydrogen) atoms. The summed E-state index contributed by atoms with van der Waals surface area (Å²) in [6.45, 7) is 2.84. The van der Waals surface area contributed by atoms with Gasteiger partial charge in [0, 0.05) is 18.8 Å². The van der Waals surface area contributed by atoms with Crippen LogP contribution in [0.4, 0.5) is 5.69 Å². The average molecular weight is 331 g/mol. The summed E-state index contributed by atoms with van der Waals surface area (Å²) >= 11 is 0. The van der Waals surface area contributed by atoms with E-state index in [4.69, 9.17) is 4.42 Å². The number of aliphatic hydroxyl groups is 1. The fourth-order valence-corrected chi connectivity index (χ4v) is 2.53. The summed E-state index contributed by atoms with van der Waals surface area (Å²) in [5.41, 5.74) is 0.263.